The molecule has 1 atom stereocenters. The summed E-state index contributed by atoms with van der Waals surface area (Å²) in [5.41, 5.74) is 9.55. The highest BCUT2D eigenvalue weighted by molar-refractivity contribution is 7.15. The van der Waals surface area contributed by atoms with E-state index in [1.807, 2.05) is 31.3 Å². The molecular formula is C25H26N4O2S. The number of hydrogen-bond donors (Lipinski definition) is 2. The van der Waals surface area contributed by atoms with Crippen LogP contribution in [0.1, 0.15) is 36.3 Å². The number of nitrogens with zero attached hydrogens (tertiary/aromatic N) is 3. The second kappa shape index (κ2) is 7.92. The van der Waals surface area contributed by atoms with Crippen molar-refractivity contribution in [2.75, 3.05) is 13.7 Å². The Morgan fingerprint density at radius 1 is 1.06 bits per heavy atom. The first-order valence-corrected chi connectivity index (χ1v) is 11.5. The molecule has 1 unspecified atom stereocenters. The predicted molar refractivity (Wildman–Crippen MR) is 129 cm³/mol. The van der Waals surface area contributed by atoms with Crippen LogP contribution < -0.4 is 5.73 Å². The third kappa shape index (κ3) is 3.88. The molecule has 0 radical (unpaired) electrons. The largest absolute Gasteiger partial charge is 0.467 e. The number of aliphatic imine (C=N–C) groups is 2. The first-order valence-electron chi connectivity index (χ1n) is 10.7. The van der Waals surface area contributed by atoms with Crippen LogP contribution in [0, 0.1) is 0 Å². The smallest absolute Gasteiger partial charge is 0.311 e. The van der Waals surface area contributed by atoms with Gasteiger partial charge < -0.3 is 15.6 Å². The van der Waals surface area contributed by atoms with Gasteiger partial charge in [-0.25, -0.2) is 15.0 Å². The molecule has 1 aliphatic heterocycles. The Bertz CT molecular complexity index is 1170. The van der Waals surface area contributed by atoms with E-state index in [2.05, 4.69) is 46.4 Å². The van der Waals surface area contributed by atoms with Gasteiger partial charge in [0.25, 0.3) is 0 Å². The Morgan fingerprint density at radius 2 is 1.78 bits per heavy atom. The number of hydrogen-bond acceptors (Lipinski definition) is 7. The van der Waals surface area contributed by atoms with E-state index in [0.29, 0.717) is 25.4 Å². The molecule has 0 spiro atoms. The van der Waals surface area contributed by atoms with Gasteiger partial charge >= 0.3 is 6.02 Å². The highest BCUT2D eigenvalue weighted by atomic mass is 32.1. The number of ether oxygens (including phenoxy) is 1. The van der Waals surface area contributed by atoms with Gasteiger partial charge in [-0.2, -0.15) is 0 Å². The Balaban J connectivity index is 1.50. The fourth-order valence-electron chi connectivity index (χ4n) is 4.62. The fraction of sp³-hybridized carbons (Fsp3) is 0.320. The maximum absolute atomic E-state index is 10.1. The summed E-state index contributed by atoms with van der Waals surface area (Å²) < 4.78 is 5.12. The van der Waals surface area contributed by atoms with E-state index in [1.54, 1.807) is 18.4 Å². The Hall–Kier alpha value is -2.87. The molecule has 7 heteroatoms. The van der Waals surface area contributed by atoms with Crippen LogP contribution in [-0.4, -0.2) is 41.6 Å². The van der Waals surface area contributed by atoms with E-state index in [-0.39, 0.29) is 5.92 Å². The number of nitrogens with two attached hydrogens (primary N) is 1. The molecule has 3 N–H and O–H groups in total. The van der Waals surface area contributed by atoms with Gasteiger partial charge in [-0.05, 0) is 30.9 Å². The fourth-order valence-corrected chi connectivity index (χ4v) is 5.77. The number of aliphatic hydroxyl groups is 1. The zero-order valence-electron chi connectivity index (χ0n) is 18.2. The van der Waals surface area contributed by atoms with Gasteiger partial charge in [0.15, 0.2) is 0 Å². The summed E-state index contributed by atoms with van der Waals surface area (Å²) in [7, 11) is 1.57. The van der Waals surface area contributed by atoms with Gasteiger partial charge in [0.1, 0.15) is 5.01 Å². The van der Waals surface area contributed by atoms with Crippen molar-refractivity contribution in [1.82, 2.24) is 4.98 Å². The molecule has 1 fully saturated rings. The highest BCUT2D eigenvalue weighted by Crippen LogP contribution is 2.47. The lowest BCUT2D eigenvalue weighted by Crippen LogP contribution is -2.58. The zero-order valence-corrected chi connectivity index (χ0v) is 19.0. The van der Waals surface area contributed by atoms with E-state index in [9.17, 15) is 5.11 Å². The minimum absolute atomic E-state index is 0.0268. The van der Waals surface area contributed by atoms with Crippen LogP contribution in [0.2, 0.25) is 0 Å². The Morgan fingerprint density at radius 3 is 2.38 bits per heavy atom. The predicted octanol–water partition coefficient (Wildman–Crippen LogP) is 4.35. The quantitative estimate of drug-likeness (QED) is 0.623. The minimum atomic E-state index is -0.676. The maximum atomic E-state index is 10.1. The van der Waals surface area contributed by atoms with Gasteiger partial charge in [-0.15, -0.1) is 11.3 Å². The third-order valence-corrected chi connectivity index (χ3v) is 7.33. The van der Waals surface area contributed by atoms with Crippen LogP contribution in [0.25, 0.3) is 21.7 Å². The van der Waals surface area contributed by atoms with Crippen molar-refractivity contribution in [3.8, 4) is 21.7 Å². The molecule has 1 aliphatic carbocycles. The summed E-state index contributed by atoms with van der Waals surface area (Å²) in [6.45, 7) is 2.41. The van der Waals surface area contributed by atoms with Crippen molar-refractivity contribution in [2.24, 2.45) is 15.7 Å². The van der Waals surface area contributed by atoms with Gasteiger partial charge in [0.05, 0.1) is 35.7 Å². The standard InChI is InChI=1S/C25H26N4O2S/c1-24(30)14-25(26,15-24)19-10-8-16(9-11-19)20-21(17-6-4-3-5-7-17)32-22(29-20)18-12-27-23(31-2)28-13-18/h3-12,18,30H,13-15,26H2,1-2H3. The summed E-state index contributed by atoms with van der Waals surface area (Å²) in [4.78, 5) is 14.8. The monoisotopic (exact) mass is 446 g/mol. The average molecular weight is 447 g/mol. The molecule has 3 aromatic rings. The van der Waals surface area contributed by atoms with Crippen LogP contribution in [0.4, 0.5) is 0 Å². The van der Waals surface area contributed by atoms with Crippen molar-refractivity contribution >= 4 is 23.6 Å². The second-order valence-electron chi connectivity index (χ2n) is 8.89. The van der Waals surface area contributed by atoms with E-state index >= 15 is 0 Å². The summed E-state index contributed by atoms with van der Waals surface area (Å²) in [5, 5.41) is 11.1. The maximum Gasteiger partial charge on any atom is 0.311 e. The van der Waals surface area contributed by atoms with E-state index in [4.69, 9.17) is 15.5 Å². The van der Waals surface area contributed by atoms with Crippen molar-refractivity contribution in [3.05, 3.63) is 65.2 Å². The molecule has 0 bridgehead atoms. The van der Waals surface area contributed by atoms with Crippen molar-refractivity contribution in [3.63, 3.8) is 0 Å². The molecule has 32 heavy (non-hydrogen) atoms. The molecule has 2 aromatic carbocycles. The molecule has 2 aliphatic rings. The summed E-state index contributed by atoms with van der Waals surface area (Å²) >= 11 is 1.68. The average Bonchev–Trinajstić information content (AvgIpc) is 3.24. The molecule has 0 amide bonds. The first kappa shape index (κ1) is 21.0. The van der Waals surface area contributed by atoms with Crippen LogP contribution >= 0.6 is 11.3 Å². The van der Waals surface area contributed by atoms with E-state index in [0.717, 1.165) is 32.3 Å². The molecule has 164 valence electrons. The number of rotatable bonds is 4. The SMILES string of the molecule is COC1=NCC(c2nc(-c3ccc(C4(N)CC(C)(O)C4)cc3)c(-c3ccccc3)s2)C=N1. The van der Waals surface area contributed by atoms with Crippen molar-refractivity contribution < 1.29 is 9.84 Å². The van der Waals surface area contributed by atoms with Gasteiger partial charge in [0.2, 0.25) is 0 Å². The third-order valence-electron chi connectivity index (χ3n) is 6.09. The van der Waals surface area contributed by atoms with E-state index < -0.39 is 11.1 Å². The topological polar surface area (TPSA) is 93.1 Å². The lowest BCUT2D eigenvalue weighted by atomic mass is 9.63. The molecule has 2 heterocycles. The lowest BCUT2D eigenvalue weighted by Gasteiger charge is -2.49. The van der Waals surface area contributed by atoms with Crippen LogP contribution in [0.15, 0.2) is 64.6 Å². The van der Waals surface area contributed by atoms with Crippen molar-refractivity contribution in [1.29, 1.82) is 0 Å². The van der Waals surface area contributed by atoms with Crippen LogP contribution in [-0.2, 0) is 10.3 Å². The normalized spacial score (nSPS) is 27.0. The minimum Gasteiger partial charge on any atom is -0.467 e. The van der Waals surface area contributed by atoms with Gasteiger partial charge in [-0.1, -0.05) is 54.6 Å². The number of amidine groups is 1. The number of thiazole rings is 1. The Labute approximate surface area is 191 Å². The van der Waals surface area contributed by atoms with Gasteiger partial charge in [0, 0.05) is 17.3 Å². The Kier molecular flexibility index (Phi) is 5.20. The number of methoxy groups -OCH3 is 1. The lowest BCUT2D eigenvalue weighted by molar-refractivity contribution is -0.0738. The summed E-state index contributed by atoms with van der Waals surface area (Å²) in [6, 6.07) is 19.0. The summed E-state index contributed by atoms with van der Waals surface area (Å²) in [6.07, 6.45) is 3.01. The summed E-state index contributed by atoms with van der Waals surface area (Å²) in [5.74, 6) is 0.0268. The number of aromatic nitrogens is 1. The first-order chi connectivity index (χ1) is 15.4. The molecule has 1 aromatic heterocycles. The van der Waals surface area contributed by atoms with Crippen LogP contribution in [0.5, 0.6) is 0 Å². The zero-order chi connectivity index (χ0) is 22.3. The molecule has 1 saturated carbocycles. The highest BCUT2D eigenvalue weighted by Gasteiger charge is 2.49. The molecule has 6 nitrogen and oxygen atoms in total. The molecule has 0 saturated heterocycles. The van der Waals surface area contributed by atoms with E-state index in [1.165, 1.54) is 0 Å². The van der Waals surface area contributed by atoms with Crippen LogP contribution in [0.3, 0.4) is 0 Å². The molecular weight excluding hydrogens is 420 g/mol. The second-order valence-corrected chi connectivity index (χ2v) is 9.92. The molecule has 5 rings (SSSR count). The number of benzene rings is 2. The van der Waals surface area contributed by atoms with Gasteiger partial charge in [-0.3, -0.25) is 0 Å². The van der Waals surface area contributed by atoms with Crippen molar-refractivity contribution in [2.45, 2.75) is 36.8 Å².